The molecule has 3 nitrogen and oxygen atoms in total. The number of rotatable bonds is 3. The fourth-order valence-corrected chi connectivity index (χ4v) is 0.393. The molecule has 4 heteroatoms. The molecule has 13 heavy (non-hydrogen) atoms. The van der Waals surface area contributed by atoms with Crippen molar-refractivity contribution < 1.29 is 14.0 Å². The van der Waals surface area contributed by atoms with Crippen LogP contribution in [0.1, 0.15) is 20.8 Å². The first kappa shape index (κ1) is 11.1. The van der Waals surface area contributed by atoms with Crippen molar-refractivity contribution in [3.8, 4) is 36.1 Å². The number of hydrogen-bond acceptors (Lipinski definition) is 3. The van der Waals surface area contributed by atoms with Gasteiger partial charge in [0.05, 0.1) is 18.3 Å². The zero-order valence-electron chi connectivity index (χ0n) is 7.80. The highest BCUT2D eigenvalue weighted by Crippen LogP contribution is 1.88. The van der Waals surface area contributed by atoms with E-state index >= 15 is 0 Å². The molecule has 0 aliphatic rings. The van der Waals surface area contributed by atoms with Crippen LogP contribution in [-0.2, 0) is 14.0 Å². The Labute approximate surface area is 78.9 Å². The van der Waals surface area contributed by atoms with Gasteiger partial charge in [-0.3, -0.25) is 0 Å². The standard InChI is InChI=1S/C9H9BO3/c1-4-7-11-10(12-8-5-2)13-9-6-3/h1-3H3. The van der Waals surface area contributed by atoms with E-state index in [1.165, 1.54) is 0 Å². The van der Waals surface area contributed by atoms with E-state index in [2.05, 4.69) is 36.1 Å². The van der Waals surface area contributed by atoms with Crippen LogP contribution in [0.5, 0.6) is 0 Å². The lowest BCUT2D eigenvalue weighted by molar-refractivity contribution is 0.257. The van der Waals surface area contributed by atoms with Gasteiger partial charge in [0.2, 0.25) is 0 Å². The van der Waals surface area contributed by atoms with Crippen LogP contribution in [0.2, 0.25) is 0 Å². The molecule has 0 spiro atoms. The maximum absolute atomic E-state index is 4.78. The van der Waals surface area contributed by atoms with Crippen LogP contribution < -0.4 is 0 Å². The Morgan fingerprint density at radius 1 is 0.692 bits per heavy atom. The Hall–Kier alpha value is -1.86. The third-order valence-electron chi connectivity index (χ3n) is 0.772. The van der Waals surface area contributed by atoms with Gasteiger partial charge in [-0.05, 0) is 0 Å². The highest BCUT2D eigenvalue weighted by molar-refractivity contribution is 6.37. The lowest BCUT2D eigenvalue weighted by Gasteiger charge is -2.01. The van der Waals surface area contributed by atoms with E-state index in [1.54, 1.807) is 20.8 Å². The van der Waals surface area contributed by atoms with E-state index in [9.17, 15) is 0 Å². The van der Waals surface area contributed by atoms with Gasteiger partial charge in [-0.2, -0.15) is 0 Å². The molecule has 0 fully saturated rings. The van der Waals surface area contributed by atoms with E-state index in [-0.39, 0.29) is 0 Å². The molecule has 0 atom stereocenters. The highest BCUT2D eigenvalue weighted by atomic mass is 16.7. The van der Waals surface area contributed by atoms with Crippen LogP contribution in [0.4, 0.5) is 0 Å². The van der Waals surface area contributed by atoms with Crippen molar-refractivity contribution in [1.82, 2.24) is 0 Å². The average molecular weight is 176 g/mol. The first-order valence-corrected chi connectivity index (χ1v) is 3.57. The minimum atomic E-state index is -0.979. The maximum Gasteiger partial charge on any atom is 0.890 e. The number of hydrogen-bond donors (Lipinski definition) is 0. The van der Waals surface area contributed by atoms with Gasteiger partial charge in [0.1, 0.15) is 0 Å². The van der Waals surface area contributed by atoms with Gasteiger partial charge in [-0.1, -0.05) is 17.8 Å². The molecule has 0 aliphatic heterocycles. The van der Waals surface area contributed by atoms with Gasteiger partial charge < -0.3 is 14.0 Å². The van der Waals surface area contributed by atoms with E-state index < -0.39 is 7.32 Å². The minimum absolute atomic E-state index is 0.979. The van der Waals surface area contributed by atoms with E-state index in [4.69, 9.17) is 14.0 Å². The summed E-state index contributed by atoms with van der Waals surface area (Å²) in [5, 5.41) is 0. The second kappa shape index (κ2) is 8.24. The smallest absolute Gasteiger partial charge is 0.438 e. The Morgan fingerprint density at radius 2 is 1.00 bits per heavy atom. The summed E-state index contributed by atoms with van der Waals surface area (Å²) >= 11 is 0. The normalized spacial score (nSPS) is 5.77. The lowest BCUT2D eigenvalue weighted by atomic mass is 10.2. The molecule has 0 aliphatic carbocycles. The van der Waals surface area contributed by atoms with Crippen molar-refractivity contribution in [3.05, 3.63) is 0 Å². The summed E-state index contributed by atoms with van der Waals surface area (Å²) in [6, 6.07) is 0. The third-order valence-corrected chi connectivity index (χ3v) is 0.772. The van der Waals surface area contributed by atoms with Crippen molar-refractivity contribution in [2.75, 3.05) is 0 Å². The topological polar surface area (TPSA) is 27.7 Å². The Kier molecular flexibility index (Phi) is 7.07. The molecular formula is C9H9BO3. The predicted molar refractivity (Wildman–Crippen MR) is 49.4 cm³/mol. The summed E-state index contributed by atoms with van der Waals surface area (Å²) in [4.78, 5) is 0. The molecule has 0 aromatic heterocycles. The molecule has 0 saturated carbocycles. The van der Waals surface area contributed by atoms with Crippen molar-refractivity contribution in [1.29, 1.82) is 0 Å². The van der Waals surface area contributed by atoms with Crippen LogP contribution in [0, 0.1) is 36.1 Å². The van der Waals surface area contributed by atoms with Crippen molar-refractivity contribution >= 4 is 7.32 Å². The van der Waals surface area contributed by atoms with Crippen molar-refractivity contribution in [2.24, 2.45) is 0 Å². The fraction of sp³-hybridized carbons (Fsp3) is 0.333. The van der Waals surface area contributed by atoms with Crippen LogP contribution in [0.25, 0.3) is 0 Å². The Bertz CT molecular complexity index is 253. The molecule has 0 saturated heterocycles. The molecule has 0 rings (SSSR count). The van der Waals surface area contributed by atoms with Crippen molar-refractivity contribution in [3.63, 3.8) is 0 Å². The Balaban J connectivity index is 4.01. The molecule has 66 valence electrons. The summed E-state index contributed by atoms with van der Waals surface area (Å²) in [6.07, 6.45) is 6.99. The molecule has 0 N–H and O–H groups in total. The summed E-state index contributed by atoms with van der Waals surface area (Å²) in [5.74, 6) is 7.57. The summed E-state index contributed by atoms with van der Waals surface area (Å²) in [6.45, 7) is 4.90. The first-order valence-electron chi connectivity index (χ1n) is 3.57. The predicted octanol–water partition coefficient (Wildman–Crippen LogP) is 0.963. The second-order valence-corrected chi connectivity index (χ2v) is 1.70. The first-order chi connectivity index (χ1) is 6.35. The van der Waals surface area contributed by atoms with Gasteiger partial charge in [0, 0.05) is 20.8 Å². The van der Waals surface area contributed by atoms with E-state index in [1.807, 2.05) is 0 Å². The second-order valence-electron chi connectivity index (χ2n) is 1.70. The van der Waals surface area contributed by atoms with Gasteiger partial charge in [-0.25, -0.2) is 0 Å². The third kappa shape index (κ3) is 6.54. The maximum atomic E-state index is 4.78. The van der Waals surface area contributed by atoms with E-state index in [0.717, 1.165) is 0 Å². The summed E-state index contributed by atoms with van der Waals surface area (Å²) in [7, 11) is -0.979. The molecule has 0 unspecified atom stereocenters. The van der Waals surface area contributed by atoms with Crippen LogP contribution in [0.3, 0.4) is 0 Å². The molecule has 0 aromatic rings. The van der Waals surface area contributed by atoms with Crippen molar-refractivity contribution in [2.45, 2.75) is 20.8 Å². The molecule has 0 heterocycles. The summed E-state index contributed by atoms with van der Waals surface area (Å²) in [5.41, 5.74) is 0. The molecular weight excluding hydrogens is 167 g/mol. The largest absolute Gasteiger partial charge is 0.890 e. The molecule has 0 bridgehead atoms. The lowest BCUT2D eigenvalue weighted by Crippen LogP contribution is -2.21. The molecule has 0 amide bonds. The average Bonchev–Trinajstić information content (AvgIpc) is 2.17. The summed E-state index contributed by atoms with van der Waals surface area (Å²) < 4.78 is 14.4. The quantitative estimate of drug-likeness (QED) is 0.473. The molecule has 0 aromatic carbocycles. The SMILES string of the molecule is CC#COB(OC#CC)OC#CC. The fourth-order valence-electron chi connectivity index (χ4n) is 0.393. The van der Waals surface area contributed by atoms with Crippen LogP contribution in [-0.4, -0.2) is 7.32 Å². The van der Waals surface area contributed by atoms with Gasteiger partial charge in [0.25, 0.3) is 0 Å². The zero-order chi connectivity index (χ0) is 9.94. The van der Waals surface area contributed by atoms with Gasteiger partial charge in [0.15, 0.2) is 0 Å². The van der Waals surface area contributed by atoms with E-state index in [0.29, 0.717) is 0 Å². The Morgan fingerprint density at radius 3 is 1.23 bits per heavy atom. The monoisotopic (exact) mass is 176 g/mol. The van der Waals surface area contributed by atoms with Crippen LogP contribution in [0.15, 0.2) is 0 Å². The zero-order valence-corrected chi connectivity index (χ0v) is 7.80. The highest BCUT2D eigenvalue weighted by Gasteiger charge is 2.26. The van der Waals surface area contributed by atoms with Gasteiger partial charge in [-0.15, -0.1) is 0 Å². The minimum Gasteiger partial charge on any atom is -0.438 e. The molecule has 0 radical (unpaired) electrons. The van der Waals surface area contributed by atoms with Gasteiger partial charge >= 0.3 is 7.32 Å². The van der Waals surface area contributed by atoms with Crippen LogP contribution >= 0.6 is 0 Å².